The zero-order valence-corrected chi connectivity index (χ0v) is 10.3. The van der Waals surface area contributed by atoms with E-state index in [4.69, 9.17) is 10.8 Å². The van der Waals surface area contributed by atoms with Crippen LogP contribution in [0, 0.1) is 0 Å². The summed E-state index contributed by atoms with van der Waals surface area (Å²) in [7, 11) is 0. The van der Waals surface area contributed by atoms with Crippen molar-refractivity contribution < 1.29 is 5.11 Å². The van der Waals surface area contributed by atoms with E-state index in [-0.39, 0.29) is 17.9 Å². The Labute approximate surface area is 96.2 Å². The summed E-state index contributed by atoms with van der Waals surface area (Å²) < 4.78 is 0.947. The molecule has 78 valence electrons. The van der Waals surface area contributed by atoms with E-state index in [0.29, 0.717) is 0 Å². The molecule has 0 fully saturated rings. The van der Waals surface area contributed by atoms with Crippen LogP contribution in [0.2, 0.25) is 0 Å². The van der Waals surface area contributed by atoms with E-state index in [0.717, 1.165) is 9.50 Å². The molecule has 0 spiro atoms. The minimum absolute atomic E-state index is 0.00340. The third kappa shape index (κ3) is 3.57. The first-order valence-electron chi connectivity index (χ1n) is 4.28. The van der Waals surface area contributed by atoms with Gasteiger partial charge in [-0.05, 0) is 35.0 Å². The van der Waals surface area contributed by atoms with Gasteiger partial charge in [0, 0.05) is 22.0 Å². The zero-order chi connectivity index (χ0) is 10.6. The molecule has 14 heavy (non-hydrogen) atoms. The van der Waals surface area contributed by atoms with E-state index in [1.54, 1.807) is 6.20 Å². The van der Waals surface area contributed by atoms with E-state index < -0.39 is 0 Å². The Morgan fingerprint density at radius 3 is 2.79 bits per heavy atom. The molecule has 0 radical (unpaired) electrons. The van der Waals surface area contributed by atoms with Gasteiger partial charge in [-0.2, -0.15) is 0 Å². The Balaban J connectivity index is 2.63. The Hall–Kier alpha value is -0.100. The van der Waals surface area contributed by atoms with E-state index in [9.17, 15) is 0 Å². The van der Waals surface area contributed by atoms with Gasteiger partial charge in [0.1, 0.15) is 0 Å². The molecule has 0 aromatic carbocycles. The van der Waals surface area contributed by atoms with Crippen LogP contribution in [0.15, 0.2) is 27.8 Å². The van der Waals surface area contributed by atoms with E-state index in [2.05, 4.69) is 20.9 Å². The molecule has 3 N–H and O–H groups in total. The quantitative estimate of drug-likeness (QED) is 0.821. The number of rotatable bonds is 4. The van der Waals surface area contributed by atoms with Crippen LogP contribution < -0.4 is 5.73 Å². The second-order valence-electron chi connectivity index (χ2n) is 3.01. The average Bonchev–Trinajstić information content (AvgIpc) is 2.16. The molecule has 0 amide bonds. The van der Waals surface area contributed by atoms with Crippen LogP contribution in [0.1, 0.15) is 6.92 Å². The summed E-state index contributed by atoms with van der Waals surface area (Å²) in [6.45, 7) is 1.95. The summed E-state index contributed by atoms with van der Waals surface area (Å²) in [5, 5.41) is 9.96. The van der Waals surface area contributed by atoms with Gasteiger partial charge in [0.25, 0.3) is 0 Å². The highest BCUT2D eigenvalue weighted by atomic mass is 79.9. The van der Waals surface area contributed by atoms with Gasteiger partial charge in [0.2, 0.25) is 0 Å². The van der Waals surface area contributed by atoms with Crippen molar-refractivity contribution in [1.29, 1.82) is 0 Å². The van der Waals surface area contributed by atoms with Crippen LogP contribution in [0.25, 0.3) is 0 Å². The summed E-state index contributed by atoms with van der Waals surface area (Å²) in [4.78, 5) is 4.20. The maximum absolute atomic E-state index is 9.07. The number of aromatic nitrogens is 1. The molecule has 1 aromatic rings. The van der Waals surface area contributed by atoms with Crippen LogP contribution in [0.3, 0.4) is 0 Å². The first-order valence-corrected chi connectivity index (χ1v) is 5.95. The fraction of sp³-hybridized carbons (Fsp3) is 0.444. The Bertz CT molecular complexity index is 279. The Morgan fingerprint density at radius 1 is 1.64 bits per heavy atom. The minimum atomic E-state index is -0.0459. The average molecular weight is 277 g/mol. The van der Waals surface area contributed by atoms with Crippen LogP contribution in [0.5, 0.6) is 0 Å². The van der Waals surface area contributed by atoms with Crippen LogP contribution >= 0.6 is 27.7 Å². The molecule has 0 bridgehead atoms. The van der Waals surface area contributed by atoms with Crippen molar-refractivity contribution in [2.45, 2.75) is 23.2 Å². The summed E-state index contributed by atoms with van der Waals surface area (Å²) in [5.74, 6) is 0. The molecule has 2 atom stereocenters. The minimum Gasteiger partial charge on any atom is -0.395 e. The smallest absolute Gasteiger partial charge is 0.0964 e. The number of halogens is 1. The molecule has 1 aromatic heterocycles. The maximum atomic E-state index is 9.07. The predicted octanol–water partition coefficient (Wildman–Crippen LogP) is 1.64. The highest BCUT2D eigenvalue weighted by Crippen LogP contribution is 2.23. The highest BCUT2D eigenvalue weighted by Gasteiger charge is 2.14. The molecule has 0 aliphatic rings. The van der Waals surface area contributed by atoms with E-state index in [1.165, 1.54) is 11.8 Å². The largest absolute Gasteiger partial charge is 0.395 e. The van der Waals surface area contributed by atoms with Gasteiger partial charge in [0.15, 0.2) is 0 Å². The second-order valence-corrected chi connectivity index (χ2v) is 5.19. The lowest BCUT2D eigenvalue weighted by Gasteiger charge is -2.16. The fourth-order valence-corrected chi connectivity index (χ4v) is 1.99. The monoisotopic (exact) mass is 276 g/mol. The summed E-state index contributed by atoms with van der Waals surface area (Å²) >= 11 is 4.81. The van der Waals surface area contributed by atoms with Gasteiger partial charge >= 0.3 is 0 Å². The number of hydrogen-bond acceptors (Lipinski definition) is 4. The first kappa shape index (κ1) is 12.0. The molecule has 0 saturated carbocycles. The lowest BCUT2D eigenvalue weighted by molar-refractivity contribution is 0.285. The summed E-state index contributed by atoms with van der Waals surface area (Å²) in [6, 6.07) is 3.78. The number of aliphatic hydroxyl groups excluding tert-OH is 1. The van der Waals surface area contributed by atoms with Gasteiger partial charge in [0.05, 0.1) is 11.6 Å². The van der Waals surface area contributed by atoms with Gasteiger partial charge in [-0.25, -0.2) is 4.98 Å². The molecule has 0 aliphatic carbocycles. The number of hydrogen-bond donors (Lipinski definition) is 2. The van der Waals surface area contributed by atoms with Crippen molar-refractivity contribution in [2.24, 2.45) is 5.73 Å². The molecule has 0 aliphatic heterocycles. The van der Waals surface area contributed by atoms with Crippen molar-refractivity contribution in [2.75, 3.05) is 6.61 Å². The second kappa shape index (κ2) is 5.70. The van der Waals surface area contributed by atoms with E-state index in [1.807, 2.05) is 19.1 Å². The van der Waals surface area contributed by atoms with Gasteiger partial charge in [-0.1, -0.05) is 11.8 Å². The van der Waals surface area contributed by atoms with Gasteiger partial charge in [-0.15, -0.1) is 0 Å². The third-order valence-corrected chi connectivity index (χ3v) is 3.57. The first-order chi connectivity index (χ1) is 6.63. The normalized spacial score (nSPS) is 15.1. The Kier molecular flexibility index (Phi) is 4.88. The van der Waals surface area contributed by atoms with E-state index >= 15 is 0 Å². The molecular weight excluding hydrogens is 264 g/mol. The Morgan fingerprint density at radius 2 is 2.36 bits per heavy atom. The lowest BCUT2D eigenvalue weighted by Crippen LogP contribution is -2.31. The zero-order valence-electron chi connectivity index (χ0n) is 7.85. The van der Waals surface area contributed by atoms with Crippen LogP contribution in [-0.2, 0) is 0 Å². The lowest BCUT2D eigenvalue weighted by atomic mass is 10.3. The van der Waals surface area contributed by atoms with Gasteiger partial charge in [-0.3, -0.25) is 0 Å². The van der Waals surface area contributed by atoms with Crippen molar-refractivity contribution in [3.8, 4) is 0 Å². The maximum Gasteiger partial charge on any atom is 0.0964 e. The topological polar surface area (TPSA) is 59.1 Å². The van der Waals surface area contributed by atoms with Crippen molar-refractivity contribution in [1.82, 2.24) is 4.98 Å². The molecule has 0 saturated heterocycles. The molecule has 2 unspecified atom stereocenters. The number of pyridine rings is 1. The predicted molar refractivity (Wildman–Crippen MR) is 62.3 cm³/mol. The van der Waals surface area contributed by atoms with Crippen molar-refractivity contribution >= 4 is 27.7 Å². The highest BCUT2D eigenvalue weighted by molar-refractivity contribution is 9.10. The van der Waals surface area contributed by atoms with Crippen LogP contribution in [0.4, 0.5) is 0 Å². The fourth-order valence-electron chi connectivity index (χ4n) is 0.898. The molecule has 1 rings (SSSR count). The molecule has 5 heteroatoms. The standard InChI is InChI=1S/C9H13BrN2OS/c1-6(11)8(5-13)14-9-3-2-7(10)4-12-9/h2-4,6,8,13H,5,11H2,1H3. The SMILES string of the molecule is CC(N)C(CO)Sc1ccc(Br)cn1. The van der Waals surface area contributed by atoms with Gasteiger partial charge < -0.3 is 10.8 Å². The number of nitrogens with two attached hydrogens (primary N) is 1. The molecule has 1 heterocycles. The number of nitrogens with zero attached hydrogens (tertiary/aromatic N) is 1. The van der Waals surface area contributed by atoms with Crippen molar-refractivity contribution in [3.63, 3.8) is 0 Å². The summed E-state index contributed by atoms with van der Waals surface area (Å²) in [5.41, 5.74) is 5.71. The number of aliphatic hydroxyl groups is 1. The summed E-state index contributed by atoms with van der Waals surface area (Å²) in [6.07, 6.45) is 1.73. The van der Waals surface area contributed by atoms with Crippen molar-refractivity contribution in [3.05, 3.63) is 22.8 Å². The van der Waals surface area contributed by atoms with Crippen LogP contribution in [-0.4, -0.2) is 28.0 Å². The molecular formula is C9H13BrN2OS. The third-order valence-electron chi connectivity index (χ3n) is 1.74. The molecule has 3 nitrogen and oxygen atoms in total. The number of thioether (sulfide) groups is 1.